The van der Waals surface area contributed by atoms with Gasteiger partial charge in [-0.15, -0.1) is 0 Å². The fourth-order valence-electron chi connectivity index (χ4n) is 1.50. The molecule has 72 valence electrons. The molecule has 0 amide bonds. The molecule has 0 aliphatic heterocycles. The molecule has 0 aromatic heterocycles. The van der Waals surface area contributed by atoms with Crippen LogP contribution in [-0.2, 0) is 6.54 Å². The molecule has 2 N–H and O–H groups in total. The first-order valence-corrected chi connectivity index (χ1v) is 4.62. The Balaban J connectivity index is 3.13. The minimum absolute atomic E-state index is 0.543. The molecule has 1 aromatic carbocycles. The third kappa shape index (κ3) is 2.22. The number of hydrogen-bond acceptors (Lipinski definition) is 2. The van der Waals surface area contributed by atoms with Crippen molar-refractivity contribution in [1.82, 2.24) is 0 Å². The normalized spacial score (nSPS) is 10.2. The van der Waals surface area contributed by atoms with Crippen LogP contribution in [0.4, 0.5) is 0 Å². The molecule has 0 atom stereocenters. The third-order valence-corrected chi connectivity index (χ3v) is 2.08. The van der Waals surface area contributed by atoms with E-state index in [9.17, 15) is 0 Å². The Hall–Kier alpha value is -1.02. The average Bonchev–Trinajstić information content (AvgIpc) is 2.04. The average molecular weight is 179 g/mol. The van der Waals surface area contributed by atoms with E-state index in [1.165, 1.54) is 11.1 Å². The molecular weight excluding hydrogens is 162 g/mol. The van der Waals surface area contributed by atoms with Crippen LogP contribution >= 0.6 is 0 Å². The first-order chi connectivity index (χ1) is 6.19. The molecule has 2 nitrogen and oxygen atoms in total. The van der Waals surface area contributed by atoms with Gasteiger partial charge in [-0.1, -0.05) is 6.07 Å². The summed E-state index contributed by atoms with van der Waals surface area (Å²) in [6.45, 7) is 7.35. The number of ether oxygens (including phenoxy) is 1. The van der Waals surface area contributed by atoms with Gasteiger partial charge in [0.05, 0.1) is 6.61 Å². The van der Waals surface area contributed by atoms with Crippen molar-refractivity contribution >= 4 is 0 Å². The van der Waals surface area contributed by atoms with Crippen molar-refractivity contribution in [3.8, 4) is 5.75 Å². The molecule has 0 unspecified atom stereocenters. The fourth-order valence-corrected chi connectivity index (χ4v) is 1.50. The van der Waals surface area contributed by atoms with E-state index in [1.807, 2.05) is 13.0 Å². The summed E-state index contributed by atoms with van der Waals surface area (Å²) in [5, 5.41) is 0. The summed E-state index contributed by atoms with van der Waals surface area (Å²) >= 11 is 0. The van der Waals surface area contributed by atoms with E-state index in [4.69, 9.17) is 10.5 Å². The second kappa shape index (κ2) is 4.28. The zero-order chi connectivity index (χ0) is 9.84. The largest absolute Gasteiger partial charge is 0.494 e. The predicted molar refractivity (Wildman–Crippen MR) is 55.0 cm³/mol. The number of nitrogens with two attached hydrogens (primary N) is 1. The van der Waals surface area contributed by atoms with Crippen LogP contribution in [0.5, 0.6) is 5.75 Å². The highest BCUT2D eigenvalue weighted by Gasteiger charge is 2.05. The molecule has 1 aromatic rings. The van der Waals surface area contributed by atoms with Crippen molar-refractivity contribution in [3.63, 3.8) is 0 Å². The summed E-state index contributed by atoms with van der Waals surface area (Å²) in [4.78, 5) is 0. The molecule has 0 saturated heterocycles. The molecule has 0 saturated carbocycles. The second-order valence-electron chi connectivity index (χ2n) is 3.20. The Morgan fingerprint density at radius 1 is 1.31 bits per heavy atom. The quantitative estimate of drug-likeness (QED) is 0.771. The van der Waals surface area contributed by atoms with Gasteiger partial charge >= 0.3 is 0 Å². The Morgan fingerprint density at radius 3 is 2.54 bits per heavy atom. The van der Waals surface area contributed by atoms with Gasteiger partial charge in [-0.05, 0) is 38.0 Å². The van der Waals surface area contributed by atoms with E-state index in [0.29, 0.717) is 13.2 Å². The Kier molecular flexibility index (Phi) is 3.32. The molecule has 0 aliphatic rings. The lowest BCUT2D eigenvalue weighted by Crippen LogP contribution is -2.04. The number of aryl methyl sites for hydroxylation is 2. The van der Waals surface area contributed by atoms with Crippen LogP contribution in [0.25, 0.3) is 0 Å². The Bertz CT molecular complexity index is 294. The molecular formula is C11H17NO. The second-order valence-corrected chi connectivity index (χ2v) is 3.20. The van der Waals surface area contributed by atoms with E-state index in [0.717, 1.165) is 11.3 Å². The Morgan fingerprint density at radius 2 is 2.00 bits per heavy atom. The lowest BCUT2D eigenvalue weighted by Gasteiger charge is -2.12. The molecule has 0 bridgehead atoms. The van der Waals surface area contributed by atoms with E-state index in [2.05, 4.69) is 19.9 Å². The summed E-state index contributed by atoms with van der Waals surface area (Å²) in [5.74, 6) is 0.933. The highest BCUT2D eigenvalue weighted by Crippen LogP contribution is 2.23. The van der Waals surface area contributed by atoms with Crippen LogP contribution < -0.4 is 10.5 Å². The standard InChI is InChI=1S/C11H17NO/c1-4-13-11-6-8(2)5-9(3)10(11)7-12/h5-6H,4,7,12H2,1-3H3. The molecule has 13 heavy (non-hydrogen) atoms. The van der Waals surface area contributed by atoms with Gasteiger partial charge in [0.1, 0.15) is 5.75 Å². The van der Waals surface area contributed by atoms with Gasteiger partial charge < -0.3 is 10.5 Å². The highest BCUT2D eigenvalue weighted by atomic mass is 16.5. The maximum Gasteiger partial charge on any atom is 0.124 e. The molecule has 1 rings (SSSR count). The van der Waals surface area contributed by atoms with Crippen LogP contribution in [-0.4, -0.2) is 6.61 Å². The van der Waals surface area contributed by atoms with Crippen molar-refractivity contribution in [1.29, 1.82) is 0 Å². The van der Waals surface area contributed by atoms with Crippen LogP contribution in [0.2, 0.25) is 0 Å². The van der Waals surface area contributed by atoms with Crippen molar-refractivity contribution in [2.75, 3.05) is 6.61 Å². The van der Waals surface area contributed by atoms with Crippen LogP contribution in [0.1, 0.15) is 23.6 Å². The zero-order valence-electron chi connectivity index (χ0n) is 8.55. The van der Waals surface area contributed by atoms with Crippen molar-refractivity contribution < 1.29 is 4.74 Å². The van der Waals surface area contributed by atoms with Gasteiger partial charge in [0.2, 0.25) is 0 Å². The van der Waals surface area contributed by atoms with Crippen molar-refractivity contribution in [2.45, 2.75) is 27.3 Å². The Labute approximate surface area is 79.7 Å². The van der Waals surface area contributed by atoms with E-state index in [-0.39, 0.29) is 0 Å². The lowest BCUT2D eigenvalue weighted by atomic mass is 10.0. The van der Waals surface area contributed by atoms with E-state index >= 15 is 0 Å². The van der Waals surface area contributed by atoms with Crippen LogP contribution in [0.3, 0.4) is 0 Å². The first kappa shape index (κ1) is 10.1. The van der Waals surface area contributed by atoms with Gasteiger partial charge in [-0.3, -0.25) is 0 Å². The number of benzene rings is 1. The SMILES string of the molecule is CCOc1cc(C)cc(C)c1CN. The highest BCUT2D eigenvalue weighted by molar-refractivity contribution is 5.42. The van der Waals surface area contributed by atoms with Crippen LogP contribution in [0.15, 0.2) is 12.1 Å². The van der Waals surface area contributed by atoms with Crippen molar-refractivity contribution in [2.24, 2.45) is 5.73 Å². The molecule has 0 fully saturated rings. The fraction of sp³-hybridized carbons (Fsp3) is 0.455. The summed E-state index contributed by atoms with van der Waals surface area (Å²) in [5.41, 5.74) is 9.20. The van der Waals surface area contributed by atoms with Gasteiger partial charge in [0.15, 0.2) is 0 Å². The third-order valence-electron chi connectivity index (χ3n) is 2.08. The topological polar surface area (TPSA) is 35.2 Å². The minimum Gasteiger partial charge on any atom is -0.494 e. The van der Waals surface area contributed by atoms with Gasteiger partial charge in [-0.25, -0.2) is 0 Å². The summed E-state index contributed by atoms with van der Waals surface area (Å²) in [6.07, 6.45) is 0. The monoisotopic (exact) mass is 179 g/mol. The number of rotatable bonds is 3. The zero-order valence-corrected chi connectivity index (χ0v) is 8.55. The molecule has 0 aliphatic carbocycles. The lowest BCUT2D eigenvalue weighted by molar-refractivity contribution is 0.336. The predicted octanol–water partition coefficient (Wildman–Crippen LogP) is 2.16. The van der Waals surface area contributed by atoms with Crippen molar-refractivity contribution in [3.05, 3.63) is 28.8 Å². The molecule has 2 heteroatoms. The molecule has 0 spiro atoms. The van der Waals surface area contributed by atoms with E-state index < -0.39 is 0 Å². The summed E-state index contributed by atoms with van der Waals surface area (Å²) in [7, 11) is 0. The van der Waals surface area contributed by atoms with Crippen LogP contribution in [0, 0.1) is 13.8 Å². The maximum absolute atomic E-state index is 5.65. The molecule has 0 heterocycles. The van der Waals surface area contributed by atoms with Gasteiger partial charge in [0, 0.05) is 12.1 Å². The number of hydrogen-bond donors (Lipinski definition) is 1. The van der Waals surface area contributed by atoms with E-state index in [1.54, 1.807) is 0 Å². The van der Waals surface area contributed by atoms with Gasteiger partial charge in [-0.2, -0.15) is 0 Å². The molecule has 0 radical (unpaired) electrons. The summed E-state index contributed by atoms with van der Waals surface area (Å²) in [6, 6.07) is 4.17. The minimum atomic E-state index is 0.543. The summed E-state index contributed by atoms with van der Waals surface area (Å²) < 4.78 is 5.51. The van der Waals surface area contributed by atoms with Gasteiger partial charge in [0.25, 0.3) is 0 Å². The smallest absolute Gasteiger partial charge is 0.124 e. The first-order valence-electron chi connectivity index (χ1n) is 4.62. The maximum atomic E-state index is 5.65.